The van der Waals surface area contributed by atoms with Crippen LogP contribution < -0.4 is 4.74 Å². The van der Waals surface area contributed by atoms with Gasteiger partial charge in [-0.1, -0.05) is 39.3 Å². The number of benzene rings is 1. The van der Waals surface area contributed by atoms with E-state index in [1.165, 1.54) is 24.8 Å². The van der Waals surface area contributed by atoms with Gasteiger partial charge < -0.3 is 9.64 Å². The summed E-state index contributed by atoms with van der Waals surface area (Å²) in [5, 5.41) is 0. The molecule has 0 N–H and O–H groups in total. The molecule has 1 heterocycles. The van der Waals surface area contributed by atoms with Crippen molar-refractivity contribution in [3.8, 4) is 5.75 Å². The molecule has 1 aliphatic heterocycles. The minimum atomic E-state index is -0.172. The maximum absolute atomic E-state index is 12.5. The smallest absolute Gasteiger partial charge is 0.410 e. The average Bonchev–Trinajstić information content (AvgIpc) is 3.02. The molecule has 3 heteroatoms. The van der Waals surface area contributed by atoms with Gasteiger partial charge in [0.05, 0.1) is 0 Å². The monoisotopic (exact) mass is 315 g/mol. The van der Waals surface area contributed by atoms with Gasteiger partial charge in [0, 0.05) is 13.1 Å². The number of carbonyl (C=O) groups excluding carboxylic acids is 1. The molecule has 3 nitrogen and oxygen atoms in total. The molecule has 1 saturated heterocycles. The molecule has 2 aliphatic rings. The summed E-state index contributed by atoms with van der Waals surface area (Å²) in [5.74, 6) is 2.14. The fourth-order valence-corrected chi connectivity index (χ4v) is 4.08. The molecule has 1 saturated carbocycles. The number of carbonyl (C=O) groups is 1. The second-order valence-corrected chi connectivity index (χ2v) is 8.41. The molecule has 2 fully saturated rings. The van der Waals surface area contributed by atoms with Gasteiger partial charge in [0.1, 0.15) is 5.75 Å². The molecule has 2 atom stereocenters. The highest BCUT2D eigenvalue weighted by Crippen LogP contribution is 2.38. The molecule has 3 rings (SSSR count). The highest BCUT2D eigenvalue weighted by molar-refractivity contribution is 5.72. The first-order chi connectivity index (χ1) is 10.8. The van der Waals surface area contributed by atoms with Crippen molar-refractivity contribution in [2.75, 3.05) is 13.1 Å². The number of amides is 1. The molecular weight excluding hydrogens is 286 g/mol. The maximum Gasteiger partial charge on any atom is 0.415 e. The van der Waals surface area contributed by atoms with Crippen LogP contribution in [0, 0.1) is 25.7 Å². The van der Waals surface area contributed by atoms with Gasteiger partial charge in [-0.25, -0.2) is 4.79 Å². The summed E-state index contributed by atoms with van der Waals surface area (Å²) < 4.78 is 5.78. The number of rotatable bonds is 1. The van der Waals surface area contributed by atoms with Gasteiger partial charge in [0.25, 0.3) is 0 Å². The third-order valence-corrected chi connectivity index (χ3v) is 5.50. The third-order valence-electron chi connectivity index (χ3n) is 5.50. The average molecular weight is 315 g/mol. The first-order valence-electron chi connectivity index (χ1n) is 8.84. The molecule has 0 radical (unpaired) electrons. The predicted molar refractivity (Wildman–Crippen MR) is 93.0 cm³/mol. The summed E-state index contributed by atoms with van der Waals surface area (Å²) in [6.07, 6.45) is 3.69. The fraction of sp³-hybridized carbons (Fsp3) is 0.650. The molecule has 1 aromatic rings. The first-order valence-corrected chi connectivity index (χ1v) is 8.84. The van der Waals surface area contributed by atoms with Crippen LogP contribution in [0.1, 0.15) is 56.7 Å². The van der Waals surface area contributed by atoms with Crippen LogP contribution >= 0.6 is 0 Å². The Labute approximate surface area is 140 Å². The van der Waals surface area contributed by atoms with E-state index >= 15 is 0 Å². The Kier molecular flexibility index (Phi) is 4.16. The Morgan fingerprint density at radius 3 is 2.09 bits per heavy atom. The van der Waals surface area contributed by atoms with Crippen molar-refractivity contribution in [3.05, 3.63) is 28.8 Å². The Bertz CT molecular complexity index is 580. The van der Waals surface area contributed by atoms with Crippen LogP contribution in [0.4, 0.5) is 4.79 Å². The van der Waals surface area contributed by atoms with Crippen LogP contribution in [0.5, 0.6) is 5.75 Å². The number of hydrogen-bond acceptors (Lipinski definition) is 2. The van der Waals surface area contributed by atoms with Gasteiger partial charge in [-0.15, -0.1) is 0 Å². The van der Waals surface area contributed by atoms with Crippen molar-refractivity contribution in [3.63, 3.8) is 0 Å². The van der Waals surface area contributed by atoms with Crippen LogP contribution in [0.25, 0.3) is 0 Å². The molecule has 0 spiro atoms. The molecule has 126 valence electrons. The largest absolute Gasteiger partial charge is 0.415 e. The summed E-state index contributed by atoms with van der Waals surface area (Å²) in [6, 6.07) is 4.29. The minimum absolute atomic E-state index is 0.102. The summed E-state index contributed by atoms with van der Waals surface area (Å²) in [4.78, 5) is 14.4. The van der Waals surface area contributed by atoms with E-state index in [1.54, 1.807) is 0 Å². The Balaban J connectivity index is 1.74. The van der Waals surface area contributed by atoms with E-state index in [-0.39, 0.29) is 11.5 Å². The van der Waals surface area contributed by atoms with Gasteiger partial charge in [-0.05, 0) is 60.6 Å². The van der Waals surface area contributed by atoms with Gasteiger partial charge in [-0.2, -0.15) is 0 Å². The zero-order chi connectivity index (χ0) is 16.8. The van der Waals surface area contributed by atoms with E-state index in [4.69, 9.17) is 4.74 Å². The van der Waals surface area contributed by atoms with E-state index in [0.29, 0.717) is 11.8 Å². The number of ether oxygens (including phenoxy) is 1. The van der Waals surface area contributed by atoms with Crippen molar-refractivity contribution in [2.45, 2.75) is 59.3 Å². The number of aryl methyl sites for hydroxylation is 2. The van der Waals surface area contributed by atoms with Crippen LogP contribution in [-0.4, -0.2) is 24.1 Å². The summed E-state index contributed by atoms with van der Waals surface area (Å²) in [5.41, 5.74) is 3.47. The summed E-state index contributed by atoms with van der Waals surface area (Å²) in [6.45, 7) is 12.4. The lowest BCUT2D eigenvalue weighted by molar-refractivity contribution is 0.158. The van der Waals surface area contributed by atoms with Gasteiger partial charge in [0.15, 0.2) is 0 Å². The standard InChI is InChI=1S/C20H29NO2/c1-13-9-17(20(3,4)5)10-14(2)18(13)23-19(22)21-11-15-7-6-8-16(15)12-21/h9-10,15-16H,6-8,11-12H2,1-5H3. The molecule has 0 bridgehead atoms. The SMILES string of the molecule is Cc1cc(C(C)(C)C)cc(C)c1OC(=O)N1CC2CCCC2C1. The predicted octanol–water partition coefficient (Wildman–Crippen LogP) is 4.83. The van der Waals surface area contributed by atoms with Crippen LogP contribution in [0.2, 0.25) is 0 Å². The molecule has 23 heavy (non-hydrogen) atoms. The van der Waals surface area contributed by atoms with E-state index in [1.807, 2.05) is 18.7 Å². The zero-order valence-corrected chi connectivity index (χ0v) is 15.1. The van der Waals surface area contributed by atoms with E-state index < -0.39 is 0 Å². The lowest BCUT2D eigenvalue weighted by Crippen LogP contribution is -2.32. The highest BCUT2D eigenvalue weighted by atomic mass is 16.6. The van der Waals surface area contributed by atoms with E-state index in [2.05, 4.69) is 32.9 Å². The number of nitrogens with zero attached hydrogens (tertiary/aromatic N) is 1. The molecule has 1 amide bonds. The van der Waals surface area contributed by atoms with Gasteiger partial charge >= 0.3 is 6.09 Å². The fourth-order valence-electron chi connectivity index (χ4n) is 4.08. The van der Waals surface area contributed by atoms with E-state index in [9.17, 15) is 4.79 Å². The van der Waals surface area contributed by atoms with Crippen molar-refractivity contribution in [2.24, 2.45) is 11.8 Å². The van der Waals surface area contributed by atoms with E-state index in [0.717, 1.165) is 30.0 Å². The van der Waals surface area contributed by atoms with Gasteiger partial charge in [0.2, 0.25) is 0 Å². The Hall–Kier alpha value is -1.51. The Morgan fingerprint density at radius 2 is 1.61 bits per heavy atom. The quantitative estimate of drug-likeness (QED) is 0.742. The van der Waals surface area contributed by atoms with Gasteiger partial charge in [-0.3, -0.25) is 0 Å². The van der Waals surface area contributed by atoms with Crippen molar-refractivity contribution in [1.82, 2.24) is 4.90 Å². The number of hydrogen-bond donors (Lipinski definition) is 0. The second kappa shape index (κ2) is 5.85. The topological polar surface area (TPSA) is 29.5 Å². The van der Waals surface area contributed by atoms with Crippen LogP contribution in [-0.2, 0) is 5.41 Å². The normalized spacial score (nSPS) is 24.0. The molecule has 1 aliphatic carbocycles. The van der Waals surface area contributed by atoms with Crippen LogP contribution in [0.3, 0.4) is 0 Å². The molecule has 1 aromatic carbocycles. The first kappa shape index (κ1) is 16.4. The van der Waals surface area contributed by atoms with Crippen molar-refractivity contribution < 1.29 is 9.53 Å². The summed E-state index contributed by atoms with van der Waals surface area (Å²) in [7, 11) is 0. The van der Waals surface area contributed by atoms with Crippen molar-refractivity contribution in [1.29, 1.82) is 0 Å². The third kappa shape index (κ3) is 3.24. The number of likely N-dealkylation sites (tertiary alicyclic amines) is 1. The zero-order valence-electron chi connectivity index (χ0n) is 15.1. The molecular formula is C20H29NO2. The van der Waals surface area contributed by atoms with Crippen molar-refractivity contribution >= 4 is 6.09 Å². The molecule has 2 unspecified atom stereocenters. The maximum atomic E-state index is 12.5. The number of fused-ring (bicyclic) bond motifs is 1. The molecule has 0 aromatic heterocycles. The van der Waals surface area contributed by atoms with Crippen LogP contribution in [0.15, 0.2) is 12.1 Å². The minimum Gasteiger partial charge on any atom is -0.410 e. The summed E-state index contributed by atoms with van der Waals surface area (Å²) >= 11 is 0. The second-order valence-electron chi connectivity index (χ2n) is 8.41. The lowest BCUT2D eigenvalue weighted by Gasteiger charge is -2.23. The highest BCUT2D eigenvalue weighted by Gasteiger charge is 2.38. The Morgan fingerprint density at radius 1 is 1.09 bits per heavy atom. The lowest BCUT2D eigenvalue weighted by atomic mass is 9.85.